The Morgan fingerprint density at radius 1 is 1.24 bits per heavy atom. The van der Waals surface area contributed by atoms with Gasteiger partial charge in [0.05, 0.1) is 0 Å². The fourth-order valence-electron chi connectivity index (χ4n) is 1.81. The summed E-state index contributed by atoms with van der Waals surface area (Å²) >= 11 is 1.73. The molecule has 0 spiro atoms. The molecule has 2 atom stereocenters. The molecule has 0 heterocycles. The number of carbonyl (C=O) groups excluding carboxylic acids is 1. The lowest BCUT2D eigenvalue weighted by molar-refractivity contribution is -0.139. The van der Waals surface area contributed by atoms with Crippen molar-refractivity contribution < 1.29 is 14.7 Å². The van der Waals surface area contributed by atoms with Crippen molar-refractivity contribution >= 4 is 23.8 Å². The maximum Gasteiger partial charge on any atom is 0.326 e. The minimum absolute atomic E-state index is 0.00104. The molecule has 0 aliphatic rings. The summed E-state index contributed by atoms with van der Waals surface area (Å²) in [5.74, 6) is 0.754. The Labute approximate surface area is 129 Å². The number of hydrogen-bond donors (Lipinski definition) is 3. The molecule has 1 aromatic carbocycles. The number of rotatable bonds is 8. The van der Waals surface area contributed by atoms with Crippen LogP contribution in [0.5, 0.6) is 0 Å². The number of urea groups is 1. The summed E-state index contributed by atoms with van der Waals surface area (Å²) in [4.78, 5) is 23.1. The molecule has 0 aromatic heterocycles. The Morgan fingerprint density at radius 3 is 2.48 bits per heavy atom. The van der Waals surface area contributed by atoms with E-state index in [1.807, 2.05) is 37.3 Å². The van der Waals surface area contributed by atoms with Crippen LogP contribution >= 0.6 is 11.8 Å². The molecule has 1 rings (SSSR count). The summed E-state index contributed by atoms with van der Waals surface area (Å²) in [5, 5.41) is 14.5. The molecule has 6 heteroatoms. The average molecular weight is 310 g/mol. The van der Waals surface area contributed by atoms with Gasteiger partial charge in [0.2, 0.25) is 0 Å². The van der Waals surface area contributed by atoms with Gasteiger partial charge in [0, 0.05) is 18.2 Å². The second-order valence-corrected chi connectivity index (χ2v) is 6.08. The molecule has 0 saturated heterocycles. The summed E-state index contributed by atoms with van der Waals surface area (Å²) in [6, 6.07) is 7.87. The highest BCUT2D eigenvalue weighted by molar-refractivity contribution is 7.99. The normalized spacial score (nSPS) is 13.2. The lowest BCUT2D eigenvalue weighted by atomic mass is 10.1. The first-order valence-electron chi connectivity index (χ1n) is 6.94. The molecule has 3 N–H and O–H groups in total. The third kappa shape index (κ3) is 7.04. The summed E-state index contributed by atoms with van der Waals surface area (Å²) < 4.78 is 0. The van der Waals surface area contributed by atoms with Crippen LogP contribution < -0.4 is 10.6 Å². The molecular formula is C15H22N2O3S. The molecule has 0 aliphatic heterocycles. The minimum atomic E-state index is -1.04. The van der Waals surface area contributed by atoms with Gasteiger partial charge in [-0.1, -0.05) is 37.3 Å². The second kappa shape index (κ2) is 9.28. The number of thioether (sulfide) groups is 1. The zero-order chi connectivity index (χ0) is 15.7. The van der Waals surface area contributed by atoms with Crippen LogP contribution in [0.2, 0.25) is 0 Å². The zero-order valence-electron chi connectivity index (χ0n) is 12.3. The number of hydrogen-bond acceptors (Lipinski definition) is 3. The van der Waals surface area contributed by atoms with Gasteiger partial charge in [-0.05, 0) is 18.2 Å². The van der Waals surface area contributed by atoms with Crippen LogP contribution in [0, 0.1) is 0 Å². The molecule has 5 nitrogen and oxygen atoms in total. The van der Waals surface area contributed by atoms with Crippen molar-refractivity contribution in [1.82, 2.24) is 10.6 Å². The van der Waals surface area contributed by atoms with E-state index in [4.69, 9.17) is 0 Å². The fourth-order valence-corrected chi connectivity index (χ4v) is 2.48. The number of carboxylic acids is 1. The first-order valence-corrected chi connectivity index (χ1v) is 8.10. The van der Waals surface area contributed by atoms with Gasteiger partial charge in [-0.25, -0.2) is 9.59 Å². The van der Waals surface area contributed by atoms with E-state index in [1.165, 1.54) is 0 Å². The van der Waals surface area contributed by atoms with Crippen LogP contribution in [0.25, 0.3) is 0 Å². The second-order valence-electron chi connectivity index (χ2n) is 4.76. The number of carboxylic acid groups (broad SMARTS) is 1. The molecule has 21 heavy (non-hydrogen) atoms. The quantitative estimate of drug-likeness (QED) is 0.687. The molecule has 1 aromatic rings. The lowest BCUT2D eigenvalue weighted by Gasteiger charge is -2.18. The summed E-state index contributed by atoms with van der Waals surface area (Å²) in [7, 11) is 0. The summed E-state index contributed by atoms with van der Waals surface area (Å²) in [5.41, 5.74) is 0.875. The number of benzene rings is 1. The van der Waals surface area contributed by atoms with Crippen LogP contribution in [0.15, 0.2) is 30.3 Å². The van der Waals surface area contributed by atoms with Crippen molar-refractivity contribution in [3.8, 4) is 0 Å². The third-order valence-electron chi connectivity index (χ3n) is 2.84. The molecular weight excluding hydrogens is 288 g/mol. The molecule has 116 valence electrons. The van der Waals surface area contributed by atoms with Gasteiger partial charge in [0.1, 0.15) is 6.04 Å². The molecule has 0 fully saturated rings. The topological polar surface area (TPSA) is 78.4 Å². The van der Waals surface area contributed by atoms with E-state index in [2.05, 4.69) is 17.6 Å². The Morgan fingerprint density at radius 2 is 1.90 bits per heavy atom. The molecule has 0 radical (unpaired) electrons. The van der Waals surface area contributed by atoms with Gasteiger partial charge in [0.15, 0.2) is 0 Å². The van der Waals surface area contributed by atoms with Crippen LogP contribution in [0.1, 0.15) is 19.4 Å². The molecule has 2 amide bonds. The van der Waals surface area contributed by atoms with Crippen molar-refractivity contribution in [3.05, 3.63) is 35.9 Å². The third-order valence-corrected chi connectivity index (χ3v) is 3.98. The van der Waals surface area contributed by atoms with Crippen molar-refractivity contribution in [2.75, 3.05) is 11.5 Å². The van der Waals surface area contributed by atoms with E-state index in [-0.39, 0.29) is 12.5 Å². The van der Waals surface area contributed by atoms with Gasteiger partial charge in [-0.15, -0.1) is 0 Å². The largest absolute Gasteiger partial charge is 0.480 e. The van der Waals surface area contributed by atoms with E-state index in [9.17, 15) is 14.7 Å². The number of nitrogens with one attached hydrogen (secondary N) is 2. The van der Waals surface area contributed by atoms with E-state index in [0.717, 1.165) is 17.1 Å². The first kappa shape index (κ1) is 17.4. The highest BCUT2D eigenvalue weighted by Gasteiger charge is 2.20. The smallest absolute Gasteiger partial charge is 0.326 e. The van der Waals surface area contributed by atoms with E-state index in [0.29, 0.717) is 0 Å². The SMILES string of the molecule is CCSCC(C)NC(=O)N[C@H](Cc1ccccc1)C(=O)O. The number of carbonyl (C=O) groups is 2. The Kier molecular flexibility index (Phi) is 7.68. The van der Waals surface area contributed by atoms with Gasteiger partial charge in [-0.2, -0.15) is 11.8 Å². The summed E-state index contributed by atoms with van der Waals surface area (Å²) in [6.45, 7) is 3.95. The average Bonchev–Trinajstić information content (AvgIpc) is 2.45. The van der Waals surface area contributed by atoms with Crippen molar-refractivity contribution in [3.63, 3.8) is 0 Å². The van der Waals surface area contributed by atoms with Crippen LogP contribution in [0.3, 0.4) is 0 Å². The maximum absolute atomic E-state index is 11.8. The molecule has 0 aliphatic carbocycles. The predicted octanol–water partition coefficient (Wildman–Crippen LogP) is 2.12. The standard InChI is InChI=1S/C15H22N2O3S/c1-3-21-10-11(2)16-15(20)17-13(14(18)19)9-12-7-5-4-6-8-12/h4-8,11,13H,3,9-10H2,1-2H3,(H,18,19)(H2,16,17,20)/t11?,13-/m1/s1. The predicted molar refractivity (Wildman–Crippen MR) is 85.7 cm³/mol. The van der Waals surface area contributed by atoms with E-state index >= 15 is 0 Å². The summed E-state index contributed by atoms with van der Waals surface area (Å²) in [6.07, 6.45) is 0.266. The highest BCUT2D eigenvalue weighted by atomic mass is 32.2. The van der Waals surface area contributed by atoms with Crippen LogP contribution in [0.4, 0.5) is 4.79 Å². The lowest BCUT2D eigenvalue weighted by Crippen LogP contribution is -2.49. The van der Waals surface area contributed by atoms with Gasteiger partial charge in [0.25, 0.3) is 0 Å². The van der Waals surface area contributed by atoms with Crippen molar-refractivity contribution in [2.45, 2.75) is 32.4 Å². The van der Waals surface area contributed by atoms with Gasteiger partial charge in [-0.3, -0.25) is 0 Å². The first-order chi connectivity index (χ1) is 10.0. The fraction of sp³-hybridized carbons (Fsp3) is 0.467. The van der Waals surface area contributed by atoms with Crippen molar-refractivity contribution in [2.24, 2.45) is 0 Å². The van der Waals surface area contributed by atoms with E-state index < -0.39 is 18.0 Å². The Bertz CT molecular complexity index is 453. The number of amides is 2. The number of aliphatic carboxylic acids is 1. The van der Waals surface area contributed by atoms with Gasteiger partial charge < -0.3 is 15.7 Å². The van der Waals surface area contributed by atoms with Crippen LogP contribution in [-0.4, -0.2) is 40.7 Å². The van der Waals surface area contributed by atoms with Crippen molar-refractivity contribution in [1.29, 1.82) is 0 Å². The van der Waals surface area contributed by atoms with Gasteiger partial charge >= 0.3 is 12.0 Å². The van der Waals surface area contributed by atoms with Crippen LogP contribution in [-0.2, 0) is 11.2 Å². The molecule has 0 saturated carbocycles. The Balaban J connectivity index is 2.50. The highest BCUT2D eigenvalue weighted by Crippen LogP contribution is 2.04. The molecule has 0 bridgehead atoms. The zero-order valence-corrected chi connectivity index (χ0v) is 13.2. The monoisotopic (exact) mass is 310 g/mol. The Hall–Kier alpha value is -1.69. The maximum atomic E-state index is 11.8. The minimum Gasteiger partial charge on any atom is -0.480 e. The molecule has 1 unspecified atom stereocenters. The van der Waals surface area contributed by atoms with E-state index in [1.54, 1.807) is 11.8 Å².